The van der Waals surface area contributed by atoms with Crippen molar-refractivity contribution in [2.45, 2.75) is 81.3 Å². The van der Waals surface area contributed by atoms with Gasteiger partial charge < -0.3 is 15.1 Å². The molecule has 7 nitrogen and oxygen atoms in total. The second-order valence-electron chi connectivity index (χ2n) is 9.80. The van der Waals surface area contributed by atoms with Crippen molar-refractivity contribution in [2.75, 3.05) is 18.2 Å². The molecule has 33 heavy (non-hydrogen) atoms. The van der Waals surface area contributed by atoms with Gasteiger partial charge in [0.1, 0.15) is 11.9 Å². The summed E-state index contributed by atoms with van der Waals surface area (Å²) in [6.07, 6.45) is 11.3. The van der Waals surface area contributed by atoms with Crippen LogP contribution in [-0.2, 0) is 9.22 Å². The molecule has 0 aromatic carbocycles. The van der Waals surface area contributed by atoms with E-state index < -0.39 is 19.9 Å². The normalized spacial score (nSPS) is 19.3. The van der Waals surface area contributed by atoms with E-state index >= 15 is 0 Å². The van der Waals surface area contributed by atoms with Gasteiger partial charge in [0.2, 0.25) is 5.91 Å². The largest absolute Gasteiger partial charge is 0.413 e. The quantitative estimate of drug-likeness (QED) is 0.295. The maximum atomic E-state index is 13.3. The number of hydrogen-bond donors (Lipinski definition) is 2. The molecule has 0 saturated carbocycles. The molecule has 0 spiro atoms. The zero-order valence-electron chi connectivity index (χ0n) is 20.6. The van der Waals surface area contributed by atoms with Crippen LogP contribution in [0.25, 0.3) is 0 Å². The highest BCUT2D eigenvalue weighted by molar-refractivity contribution is 7.98. The first kappa shape index (κ1) is 25.6. The Morgan fingerprint density at radius 2 is 1.82 bits per heavy atom. The number of fused-ring (bicyclic) bond motifs is 1. The van der Waals surface area contributed by atoms with Crippen molar-refractivity contribution in [3.05, 3.63) is 36.1 Å². The highest BCUT2D eigenvalue weighted by Crippen LogP contribution is 2.43. The molecular formula is C24H36N4O3SSi. The summed E-state index contributed by atoms with van der Waals surface area (Å²) < 4.78 is 6.81. The first-order valence-electron chi connectivity index (χ1n) is 11.6. The fourth-order valence-electron chi connectivity index (χ4n) is 5.23. The lowest BCUT2D eigenvalue weighted by molar-refractivity contribution is -0.123. The third-order valence-corrected chi connectivity index (χ3v) is 13.4. The van der Waals surface area contributed by atoms with E-state index in [-0.39, 0.29) is 18.1 Å². The number of carbonyl (C=O) groups excluding carboxylic acids is 2. The average Bonchev–Trinajstić information content (AvgIpc) is 3.21. The minimum Gasteiger partial charge on any atom is -0.413 e. The standard InChI is InChI=1S/C24H36N4O3SSi/c1-15(2)33(16(3)4,17(5)6)31-14-24(10-8-9-11-24)28-22(30)19-12-20(29)18-13-25-23(32-7)27-21(18)26-19/h8-11,13,15-17,19H,12,14H2,1-7H3,(H,28,30)(H,25,26,27). The molecule has 1 aliphatic carbocycles. The van der Waals surface area contributed by atoms with Crippen LogP contribution < -0.4 is 10.6 Å². The maximum absolute atomic E-state index is 13.3. The summed E-state index contributed by atoms with van der Waals surface area (Å²) in [5, 5.41) is 6.85. The van der Waals surface area contributed by atoms with E-state index in [0.29, 0.717) is 39.8 Å². The monoisotopic (exact) mass is 488 g/mol. The molecule has 0 radical (unpaired) electrons. The average molecular weight is 489 g/mol. The van der Waals surface area contributed by atoms with Gasteiger partial charge >= 0.3 is 0 Å². The number of Topliss-reactive ketones (excluding diaryl/α,β-unsaturated/α-hetero) is 1. The van der Waals surface area contributed by atoms with E-state index in [2.05, 4.69) is 62.1 Å². The summed E-state index contributed by atoms with van der Waals surface area (Å²) in [4.78, 5) is 34.5. The fourth-order valence-corrected chi connectivity index (χ4v) is 11.1. The van der Waals surface area contributed by atoms with E-state index in [1.54, 1.807) is 0 Å². The number of nitrogens with one attached hydrogen (secondary N) is 2. The van der Waals surface area contributed by atoms with Crippen molar-refractivity contribution >= 4 is 37.6 Å². The Morgan fingerprint density at radius 1 is 1.21 bits per heavy atom. The Kier molecular flexibility index (Phi) is 7.86. The first-order chi connectivity index (χ1) is 15.5. The number of rotatable bonds is 9. The van der Waals surface area contributed by atoms with Crippen LogP contribution in [0.2, 0.25) is 16.6 Å². The zero-order chi connectivity index (χ0) is 24.4. The van der Waals surface area contributed by atoms with E-state index in [4.69, 9.17) is 4.43 Å². The Bertz CT molecular complexity index is 927. The predicted octanol–water partition coefficient (Wildman–Crippen LogP) is 4.74. The number of aromatic nitrogens is 2. The molecule has 1 aliphatic heterocycles. The van der Waals surface area contributed by atoms with Crippen LogP contribution in [-0.4, -0.2) is 54.4 Å². The van der Waals surface area contributed by atoms with E-state index in [1.165, 1.54) is 18.0 Å². The highest BCUT2D eigenvalue weighted by Gasteiger charge is 2.47. The van der Waals surface area contributed by atoms with Gasteiger partial charge in [-0.1, -0.05) is 77.6 Å². The molecule has 2 heterocycles. The number of hydrogen-bond acceptors (Lipinski definition) is 7. The van der Waals surface area contributed by atoms with Crippen molar-refractivity contribution < 1.29 is 14.0 Å². The third-order valence-electron chi connectivity index (χ3n) is 6.79. The Balaban J connectivity index is 1.78. The van der Waals surface area contributed by atoms with E-state index in [9.17, 15) is 9.59 Å². The smallest absolute Gasteiger partial charge is 0.244 e. The number of nitrogens with zero attached hydrogens (tertiary/aromatic N) is 2. The molecular weight excluding hydrogens is 452 g/mol. The molecule has 0 bridgehead atoms. The van der Waals surface area contributed by atoms with Gasteiger partial charge in [-0.25, -0.2) is 9.97 Å². The molecule has 1 aromatic heterocycles. The van der Waals surface area contributed by atoms with Crippen molar-refractivity contribution in [2.24, 2.45) is 0 Å². The Hall–Kier alpha value is -1.97. The van der Waals surface area contributed by atoms with E-state index in [1.807, 2.05) is 30.6 Å². The highest BCUT2D eigenvalue weighted by atomic mass is 32.2. The molecule has 180 valence electrons. The van der Waals surface area contributed by atoms with Gasteiger partial charge in [-0.3, -0.25) is 9.59 Å². The van der Waals surface area contributed by atoms with Crippen LogP contribution in [0.4, 0.5) is 5.82 Å². The second-order valence-corrected chi connectivity index (χ2v) is 16.0. The zero-order valence-corrected chi connectivity index (χ0v) is 22.5. The number of allylic oxidation sites excluding steroid dienone is 2. The topological polar surface area (TPSA) is 93.2 Å². The molecule has 1 atom stereocenters. The minimum absolute atomic E-state index is 0.0633. The number of ketones is 1. The van der Waals surface area contributed by atoms with Crippen LogP contribution in [0.3, 0.4) is 0 Å². The van der Waals surface area contributed by atoms with Gasteiger partial charge in [-0.2, -0.15) is 0 Å². The lowest BCUT2D eigenvalue weighted by atomic mass is 9.97. The molecule has 3 rings (SSSR count). The van der Waals surface area contributed by atoms with Crippen LogP contribution in [0.1, 0.15) is 58.3 Å². The van der Waals surface area contributed by atoms with Crippen molar-refractivity contribution in [1.29, 1.82) is 0 Å². The van der Waals surface area contributed by atoms with Crippen LogP contribution >= 0.6 is 11.8 Å². The molecule has 0 saturated heterocycles. The van der Waals surface area contributed by atoms with Gasteiger partial charge in [0.15, 0.2) is 19.3 Å². The van der Waals surface area contributed by atoms with Gasteiger partial charge in [-0.15, -0.1) is 0 Å². The molecule has 0 fully saturated rings. The Labute approximate surface area is 202 Å². The second kappa shape index (κ2) is 10.1. The third kappa shape index (κ3) is 5.10. The number of amides is 1. The van der Waals surface area contributed by atoms with E-state index in [0.717, 1.165) is 0 Å². The lowest BCUT2D eigenvalue weighted by Crippen LogP contribution is -2.57. The van der Waals surface area contributed by atoms with Crippen molar-refractivity contribution in [3.8, 4) is 0 Å². The molecule has 1 aromatic rings. The minimum atomic E-state index is -2.11. The van der Waals surface area contributed by atoms with Gasteiger partial charge in [0.25, 0.3) is 0 Å². The summed E-state index contributed by atoms with van der Waals surface area (Å²) >= 11 is 1.39. The molecule has 2 aliphatic rings. The molecule has 9 heteroatoms. The van der Waals surface area contributed by atoms with Crippen molar-refractivity contribution in [3.63, 3.8) is 0 Å². The van der Waals surface area contributed by atoms with Crippen LogP contribution in [0.15, 0.2) is 35.7 Å². The number of carbonyl (C=O) groups is 2. The fraction of sp³-hybridized carbons (Fsp3) is 0.583. The van der Waals surface area contributed by atoms with Gasteiger partial charge in [-0.05, 0) is 22.9 Å². The predicted molar refractivity (Wildman–Crippen MR) is 136 cm³/mol. The van der Waals surface area contributed by atoms with Gasteiger partial charge in [0.05, 0.1) is 17.7 Å². The van der Waals surface area contributed by atoms with Crippen LogP contribution in [0.5, 0.6) is 0 Å². The van der Waals surface area contributed by atoms with Crippen molar-refractivity contribution in [1.82, 2.24) is 15.3 Å². The molecule has 2 N–H and O–H groups in total. The summed E-state index contributed by atoms with van der Waals surface area (Å²) in [6.45, 7) is 13.9. The summed E-state index contributed by atoms with van der Waals surface area (Å²) in [5.41, 5.74) is 1.03. The SMILES string of the molecule is CSc1ncc2c(n1)NC(C(=O)NC1(CO[Si](C(C)C)(C(C)C)C(C)C)C=CC=C1)CC2=O. The van der Waals surface area contributed by atoms with Crippen LogP contribution in [0, 0.1) is 0 Å². The maximum Gasteiger partial charge on any atom is 0.244 e. The molecule has 1 unspecified atom stereocenters. The first-order valence-corrected chi connectivity index (χ1v) is 14.9. The number of thioether (sulfide) groups is 1. The summed E-state index contributed by atoms with van der Waals surface area (Å²) in [6, 6.07) is -0.698. The lowest BCUT2D eigenvalue weighted by Gasteiger charge is -2.44. The molecule has 1 amide bonds. The van der Waals surface area contributed by atoms with Gasteiger partial charge in [0, 0.05) is 12.6 Å². The summed E-state index contributed by atoms with van der Waals surface area (Å²) in [7, 11) is -2.11. The Morgan fingerprint density at radius 3 is 2.36 bits per heavy atom. The summed E-state index contributed by atoms with van der Waals surface area (Å²) in [5.74, 6) is 0.0358. The number of anilines is 1.